The number of H-pyrrole nitrogens is 1. The molecule has 2 heterocycles. The van der Waals surface area contributed by atoms with E-state index >= 15 is 0 Å². The molecule has 5 aromatic rings. The van der Waals surface area contributed by atoms with Crippen LogP contribution in [0.3, 0.4) is 0 Å². The zero-order valence-corrected chi connectivity index (χ0v) is 16.0. The lowest BCUT2D eigenvalue weighted by Gasteiger charge is -2.33. The van der Waals surface area contributed by atoms with Gasteiger partial charge in [-0.1, -0.05) is 18.2 Å². The van der Waals surface area contributed by atoms with Gasteiger partial charge in [-0.05, 0) is 65.0 Å². The molecule has 8 heteroatoms. The molecule has 0 radical (unpaired) electrons. The topological polar surface area (TPSA) is 59.6 Å². The van der Waals surface area contributed by atoms with E-state index in [0.717, 1.165) is 5.39 Å². The summed E-state index contributed by atoms with van der Waals surface area (Å²) in [7, 11) is 0. The minimum atomic E-state index is -4.74. The third-order valence-electron chi connectivity index (χ3n) is 5.55. The summed E-state index contributed by atoms with van der Waals surface area (Å²) in [6.07, 6.45) is -1.61. The summed E-state index contributed by atoms with van der Waals surface area (Å²) in [5.74, 6) is -0.389. The molecule has 0 saturated carbocycles. The average Bonchev–Trinajstić information content (AvgIpc) is 3.38. The molecule has 3 N–H and O–H groups in total. The van der Waals surface area contributed by atoms with Gasteiger partial charge in [0.2, 0.25) is 0 Å². The van der Waals surface area contributed by atoms with E-state index in [1.807, 2.05) is 0 Å². The van der Waals surface area contributed by atoms with Crippen LogP contribution in [0.1, 0.15) is 11.1 Å². The zero-order valence-electron chi connectivity index (χ0n) is 16.0. The van der Waals surface area contributed by atoms with E-state index in [-0.39, 0.29) is 16.9 Å². The molecule has 2 aromatic heterocycles. The molecule has 0 amide bonds. The van der Waals surface area contributed by atoms with E-state index in [0.29, 0.717) is 22.1 Å². The Labute approximate surface area is 173 Å². The number of hydrogen-bond donors (Lipinski definition) is 2. The second-order valence-electron chi connectivity index (χ2n) is 7.39. The van der Waals surface area contributed by atoms with Crippen LogP contribution in [0.15, 0.2) is 79.1 Å². The summed E-state index contributed by atoms with van der Waals surface area (Å²) in [6.45, 7) is 0. The number of nitrogens with two attached hydrogens (primary N) is 1. The van der Waals surface area contributed by atoms with Crippen molar-refractivity contribution in [2.24, 2.45) is 5.73 Å². The fraction of sp³-hybridized carbons (Fsp3) is 0.0870. The van der Waals surface area contributed by atoms with Crippen LogP contribution in [0, 0.1) is 5.82 Å². The highest BCUT2D eigenvalue weighted by Gasteiger charge is 2.54. The first-order valence-electron chi connectivity index (χ1n) is 9.45. The summed E-state index contributed by atoms with van der Waals surface area (Å²) in [6, 6.07) is 16.2. The number of nitrogens with one attached hydrogen (secondary N) is 1. The molecule has 31 heavy (non-hydrogen) atoms. The van der Waals surface area contributed by atoms with Gasteiger partial charge in [0, 0.05) is 17.1 Å². The smallest absolute Gasteiger partial charge is 0.361 e. The molecule has 0 spiro atoms. The quantitative estimate of drug-likeness (QED) is 0.381. The first-order valence-corrected chi connectivity index (χ1v) is 9.45. The van der Waals surface area contributed by atoms with Crippen LogP contribution in [-0.2, 0) is 5.54 Å². The summed E-state index contributed by atoms with van der Waals surface area (Å²) in [5, 5.41) is 5.54. The molecule has 0 saturated heterocycles. The van der Waals surface area contributed by atoms with Crippen molar-refractivity contribution < 1.29 is 17.6 Å². The average molecular weight is 424 g/mol. The van der Waals surface area contributed by atoms with E-state index in [1.165, 1.54) is 47.3 Å². The third kappa shape index (κ3) is 2.98. The molecule has 0 aliphatic heterocycles. The van der Waals surface area contributed by atoms with E-state index in [9.17, 15) is 17.6 Å². The highest BCUT2D eigenvalue weighted by atomic mass is 19.4. The Morgan fingerprint density at radius 3 is 2.29 bits per heavy atom. The fourth-order valence-corrected chi connectivity index (χ4v) is 3.85. The van der Waals surface area contributed by atoms with Gasteiger partial charge in [0.25, 0.3) is 0 Å². The van der Waals surface area contributed by atoms with Gasteiger partial charge in [-0.3, -0.25) is 0 Å². The second-order valence-corrected chi connectivity index (χ2v) is 7.39. The van der Waals surface area contributed by atoms with Crippen molar-refractivity contribution in [3.63, 3.8) is 0 Å². The summed E-state index contributed by atoms with van der Waals surface area (Å²) in [4.78, 5) is 2.93. The minimum absolute atomic E-state index is 0.0692. The Bertz CT molecular complexity index is 1400. The van der Waals surface area contributed by atoms with Gasteiger partial charge in [-0.15, -0.1) is 0 Å². The highest BCUT2D eigenvalue weighted by molar-refractivity contribution is 5.83. The molecule has 0 aliphatic rings. The third-order valence-corrected chi connectivity index (χ3v) is 5.55. The number of halogens is 4. The number of rotatable bonds is 3. The molecule has 4 nitrogen and oxygen atoms in total. The second kappa shape index (κ2) is 6.68. The Balaban J connectivity index is 1.66. The number of fused-ring (bicyclic) bond motifs is 2. The molecular weight excluding hydrogens is 408 g/mol. The maximum Gasteiger partial charge on any atom is 0.414 e. The molecule has 3 aromatic carbocycles. The number of hydrogen-bond acceptors (Lipinski definition) is 2. The molecule has 0 aliphatic carbocycles. The largest absolute Gasteiger partial charge is 0.414 e. The molecule has 1 unspecified atom stereocenters. The van der Waals surface area contributed by atoms with Gasteiger partial charge in [0.05, 0.1) is 17.4 Å². The van der Waals surface area contributed by atoms with Gasteiger partial charge in [-0.2, -0.15) is 18.3 Å². The van der Waals surface area contributed by atoms with Crippen molar-refractivity contribution in [1.29, 1.82) is 0 Å². The van der Waals surface area contributed by atoms with Crippen molar-refractivity contribution in [3.8, 4) is 5.69 Å². The van der Waals surface area contributed by atoms with E-state index in [2.05, 4.69) is 10.1 Å². The molecule has 156 valence electrons. The summed E-state index contributed by atoms with van der Waals surface area (Å²) < 4.78 is 57.7. The van der Waals surface area contributed by atoms with Gasteiger partial charge in [0.1, 0.15) is 5.82 Å². The minimum Gasteiger partial charge on any atom is -0.361 e. The first-order chi connectivity index (χ1) is 14.8. The number of aromatic amines is 1. The Morgan fingerprint density at radius 1 is 0.839 bits per heavy atom. The van der Waals surface area contributed by atoms with Crippen LogP contribution < -0.4 is 5.73 Å². The van der Waals surface area contributed by atoms with E-state index in [4.69, 9.17) is 5.73 Å². The van der Waals surface area contributed by atoms with Gasteiger partial charge in [0.15, 0.2) is 5.54 Å². The lowest BCUT2D eigenvalue weighted by molar-refractivity contribution is -0.176. The number of benzene rings is 3. The van der Waals surface area contributed by atoms with Crippen molar-refractivity contribution in [1.82, 2.24) is 14.8 Å². The van der Waals surface area contributed by atoms with Crippen LogP contribution in [0.25, 0.3) is 27.5 Å². The Morgan fingerprint density at radius 2 is 1.55 bits per heavy atom. The normalized spacial score (nSPS) is 14.2. The maximum atomic E-state index is 14.3. The van der Waals surface area contributed by atoms with Crippen LogP contribution in [0.5, 0.6) is 0 Å². The number of alkyl halides is 3. The molecule has 1 atom stereocenters. The number of nitrogens with zero attached hydrogens (tertiary/aromatic N) is 2. The zero-order chi connectivity index (χ0) is 21.8. The van der Waals surface area contributed by atoms with Gasteiger partial charge < -0.3 is 10.7 Å². The molecule has 5 rings (SSSR count). The maximum absolute atomic E-state index is 14.3. The SMILES string of the molecule is NC(c1ccc2c(cnn2-c2ccc(F)cc2)c1)(c1ccc2cc[nH]c2c1)C(F)(F)F. The fourth-order valence-electron chi connectivity index (χ4n) is 3.85. The Hall–Kier alpha value is -3.65. The monoisotopic (exact) mass is 424 g/mol. The van der Waals surface area contributed by atoms with Crippen LogP contribution in [-0.4, -0.2) is 20.9 Å². The first kappa shape index (κ1) is 19.3. The van der Waals surface area contributed by atoms with E-state index < -0.39 is 11.7 Å². The standard InChI is InChI=1S/C23H16F4N4/c24-18-4-6-19(7-5-18)31-21-8-3-16(11-15(21)13-30-31)22(28,23(25,26)27)17-2-1-14-9-10-29-20(14)12-17/h1-13,29H,28H2. The van der Waals surface area contributed by atoms with Gasteiger partial charge >= 0.3 is 6.18 Å². The van der Waals surface area contributed by atoms with Crippen molar-refractivity contribution in [2.75, 3.05) is 0 Å². The highest BCUT2D eigenvalue weighted by Crippen LogP contribution is 2.43. The summed E-state index contributed by atoms with van der Waals surface area (Å²) in [5.41, 5.74) is 4.96. The molecule has 0 fully saturated rings. The van der Waals surface area contributed by atoms with Crippen LogP contribution in [0.2, 0.25) is 0 Å². The van der Waals surface area contributed by atoms with Crippen LogP contribution in [0.4, 0.5) is 17.6 Å². The molecule has 0 bridgehead atoms. The number of aromatic nitrogens is 3. The molecular formula is C23H16F4N4. The van der Waals surface area contributed by atoms with Crippen molar-refractivity contribution >= 4 is 21.8 Å². The van der Waals surface area contributed by atoms with Gasteiger partial charge in [-0.25, -0.2) is 9.07 Å². The lowest BCUT2D eigenvalue weighted by Crippen LogP contribution is -2.51. The predicted octanol–water partition coefficient (Wildman–Crippen LogP) is 5.41. The van der Waals surface area contributed by atoms with Crippen molar-refractivity contribution in [2.45, 2.75) is 11.7 Å². The van der Waals surface area contributed by atoms with Crippen LogP contribution >= 0.6 is 0 Å². The summed E-state index contributed by atoms with van der Waals surface area (Å²) >= 11 is 0. The van der Waals surface area contributed by atoms with E-state index in [1.54, 1.807) is 36.5 Å². The van der Waals surface area contributed by atoms with Crippen molar-refractivity contribution in [3.05, 3.63) is 96.1 Å². The Kier molecular flexibility index (Phi) is 4.16. The lowest BCUT2D eigenvalue weighted by atomic mass is 9.82. The predicted molar refractivity (Wildman–Crippen MR) is 110 cm³/mol.